The number of carbonyl (C=O) groups excluding carboxylic acids is 1. The highest BCUT2D eigenvalue weighted by atomic mass is 35.5. The molecule has 1 aromatic heterocycles. The molecule has 1 atom stereocenters. The highest BCUT2D eigenvalue weighted by Gasteiger charge is 2.36. The molecule has 0 N–H and O–H groups in total. The van der Waals surface area contributed by atoms with Crippen LogP contribution in [0.5, 0.6) is 0 Å². The number of carbonyl (C=O) groups is 1. The van der Waals surface area contributed by atoms with E-state index in [0.29, 0.717) is 30.4 Å². The van der Waals surface area contributed by atoms with Crippen molar-refractivity contribution in [3.8, 4) is 0 Å². The second-order valence-corrected chi connectivity index (χ2v) is 5.94. The Labute approximate surface area is 123 Å². The molecule has 2 rings (SSSR count). The van der Waals surface area contributed by atoms with Crippen LogP contribution in [0.3, 0.4) is 0 Å². The van der Waals surface area contributed by atoms with E-state index < -0.39 is 5.60 Å². The number of rotatable bonds is 3. The molecule has 1 aromatic rings. The van der Waals surface area contributed by atoms with Crippen molar-refractivity contribution in [2.24, 2.45) is 0 Å². The molecule has 0 radical (unpaired) electrons. The first-order valence-electron chi connectivity index (χ1n) is 6.49. The number of hydrogen-bond acceptors (Lipinski definition) is 4. The van der Waals surface area contributed by atoms with Crippen molar-refractivity contribution in [3.05, 3.63) is 29.0 Å². The summed E-state index contributed by atoms with van der Waals surface area (Å²) in [6, 6.07) is 3.30. The van der Waals surface area contributed by atoms with Gasteiger partial charge < -0.3 is 14.4 Å². The maximum Gasteiger partial charge on any atom is 0.272 e. The van der Waals surface area contributed by atoms with E-state index in [-0.39, 0.29) is 12.0 Å². The first-order chi connectivity index (χ1) is 9.41. The predicted octanol–water partition coefficient (Wildman–Crippen LogP) is 2.00. The van der Waals surface area contributed by atoms with Gasteiger partial charge in [-0.3, -0.25) is 4.79 Å². The molecule has 0 aliphatic carbocycles. The van der Waals surface area contributed by atoms with Gasteiger partial charge in [-0.05, 0) is 26.0 Å². The molecule has 5 nitrogen and oxygen atoms in total. The maximum atomic E-state index is 12.5. The van der Waals surface area contributed by atoms with Gasteiger partial charge in [-0.15, -0.1) is 0 Å². The van der Waals surface area contributed by atoms with Crippen molar-refractivity contribution >= 4 is 17.5 Å². The number of amides is 1. The average molecular weight is 299 g/mol. The molecule has 0 aromatic carbocycles. The third-order valence-corrected chi connectivity index (χ3v) is 3.29. The lowest BCUT2D eigenvalue weighted by Gasteiger charge is -2.42. The molecule has 1 aliphatic heterocycles. The molecule has 1 aliphatic rings. The first kappa shape index (κ1) is 15.2. The van der Waals surface area contributed by atoms with E-state index in [1.165, 1.54) is 6.20 Å². The largest absolute Gasteiger partial charge is 0.382 e. The quantitative estimate of drug-likeness (QED) is 0.856. The third-order valence-electron chi connectivity index (χ3n) is 3.07. The molecule has 2 heterocycles. The molecule has 6 heteroatoms. The van der Waals surface area contributed by atoms with Gasteiger partial charge in [0, 0.05) is 26.4 Å². The number of halogens is 1. The highest BCUT2D eigenvalue weighted by molar-refractivity contribution is 6.30. The van der Waals surface area contributed by atoms with Crippen molar-refractivity contribution in [3.63, 3.8) is 0 Å². The van der Waals surface area contributed by atoms with E-state index in [4.69, 9.17) is 21.1 Å². The van der Waals surface area contributed by atoms with Gasteiger partial charge in [0.2, 0.25) is 0 Å². The van der Waals surface area contributed by atoms with Crippen LogP contribution in [0, 0.1) is 0 Å². The highest BCUT2D eigenvalue weighted by Crippen LogP contribution is 2.22. The zero-order chi connectivity index (χ0) is 14.8. The molecule has 1 amide bonds. The number of hydrogen-bond donors (Lipinski definition) is 0. The van der Waals surface area contributed by atoms with Crippen LogP contribution in [0.2, 0.25) is 5.02 Å². The standard InChI is InChI=1S/C14H19ClN2O3/c1-14(2)9-17(7-11(20-14)8-19-3)13(18)12-5-4-10(15)6-16-12/h4-6,11H,7-9H2,1-3H3/t11-/m0/s1. The minimum absolute atomic E-state index is 0.112. The number of aromatic nitrogens is 1. The summed E-state index contributed by atoms with van der Waals surface area (Å²) in [5, 5.41) is 0.515. The lowest BCUT2D eigenvalue weighted by atomic mass is 10.0. The van der Waals surface area contributed by atoms with Gasteiger partial charge in [0.05, 0.1) is 23.3 Å². The normalized spacial score (nSPS) is 21.8. The van der Waals surface area contributed by atoms with Crippen LogP contribution in [0.4, 0.5) is 0 Å². The van der Waals surface area contributed by atoms with Crippen LogP contribution in [-0.4, -0.2) is 54.3 Å². The lowest BCUT2D eigenvalue weighted by Crippen LogP contribution is -2.55. The fraction of sp³-hybridized carbons (Fsp3) is 0.571. The summed E-state index contributed by atoms with van der Waals surface area (Å²) < 4.78 is 11.0. The van der Waals surface area contributed by atoms with Crippen molar-refractivity contribution in [2.75, 3.05) is 26.8 Å². The van der Waals surface area contributed by atoms with Crippen LogP contribution in [0.15, 0.2) is 18.3 Å². The monoisotopic (exact) mass is 298 g/mol. The third kappa shape index (κ3) is 3.69. The Bertz CT molecular complexity index is 476. The molecule has 0 bridgehead atoms. The van der Waals surface area contributed by atoms with E-state index >= 15 is 0 Å². The van der Waals surface area contributed by atoms with Crippen LogP contribution >= 0.6 is 11.6 Å². The lowest BCUT2D eigenvalue weighted by molar-refractivity contribution is -0.143. The summed E-state index contributed by atoms with van der Waals surface area (Å²) in [4.78, 5) is 18.3. The van der Waals surface area contributed by atoms with Crippen LogP contribution < -0.4 is 0 Å². The van der Waals surface area contributed by atoms with Crippen LogP contribution in [0.25, 0.3) is 0 Å². The van der Waals surface area contributed by atoms with Gasteiger partial charge in [0.15, 0.2) is 0 Å². The number of pyridine rings is 1. The summed E-state index contributed by atoms with van der Waals surface area (Å²) in [6.07, 6.45) is 1.35. The molecule has 0 unspecified atom stereocenters. The fourth-order valence-corrected chi connectivity index (χ4v) is 2.50. The summed E-state index contributed by atoms with van der Waals surface area (Å²) in [5.41, 5.74) is -0.00736. The molecule has 0 spiro atoms. The van der Waals surface area contributed by atoms with Crippen molar-refractivity contribution in [1.29, 1.82) is 0 Å². The van der Waals surface area contributed by atoms with Gasteiger partial charge in [0.1, 0.15) is 5.69 Å². The van der Waals surface area contributed by atoms with Crippen molar-refractivity contribution in [2.45, 2.75) is 25.6 Å². The summed E-state index contributed by atoms with van der Waals surface area (Å²) in [5.74, 6) is -0.112. The second-order valence-electron chi connectivity index (χ2n) is 5.50. The fourth-order valence-electron chi connectivity index (χ4n) is 2.39. The molecule has 1 saturated heterocycles. The van der Waals surface area contributed by atoms with E-state index in [2.05, 4.69) is 4.98 Å². The van der Waals surface area contributed by atoms with Gasteiger partial charge in [0.25, 0.3) is 5.91 Å². The van der Waals surface area contributed by atoms with Crippen molar-refractivity contribution in [1.82, 2.24) is 9.88 Å². The first-order valence-corrected chi connectivity index (χ1v) is 6.87. The molecular weight excluding hydrogens is 280 g/mol. The van der Waals surface area contributed by atoms with E-state index in [0.717, 1.165) is 0 Å². The van der Waals surface area contributed by atoms with E-state index in [9.17, 15) is 4.79 Å². The van der Waals surface area contributed by atoms with Gasteiger partial charge in [-0.1, -0.05) is 11.6 Å². The molecule has 20 heavy (non-hydrogen) atoms. The number of morpholine rings is 1. The van der Waals surface area contributed by atoms with Gasteiger partial charge >= 0.3 is 0 Å². The smallest absolute Gasteiger partial charge is 0.272 e. The van der Waals surface area contributed by atoms with Crippen LogP contribution in [0.1, 0.15) is 24.3 Å². The van der Waals surface area contributed by atoms with Crippen molar-refractivity contribution < 1.29 is 14.3 Å². The Morgan fingerprint density at radius 1 is 1.60 bits per heavy atom. The Hall–Kier alpha value is -1.17. The Morgan fingerprint density at radius 3 is 2.95 bits per heavy atom. The summed E-state index contributed by atoms with van der Waals surface area (Å²) in [6.45, 7) is 5.41. The Kier molecular flexibility index (Phi) is 4.62. The zero-order valence-electron chi connectivity index (χ0n) is 11.9. The van der Waals surface area contributed by atoms with Crippen LogP contribution in [-0.2, 0) is 9.47 Å². The minimum Gasteiger partial charge on any atom is -0.382 e. The van der Waals surface area contributed by atoms with E-state index in [1.807, 2.05) is 13.8 Å². The second kappa shape index (κ2) is 6.08. The Morgan fingerprint density at radius 2 is 2.35 bits per heavy atom. The topological polar surface area (TPSA) is 51.7 Å². The number of ether oxygens (including phenoxy) is 2. The number of methoxy groups -OCH3 is 1. The molecule has 1 fully saturated rings. The van der Waals surface area contributed by atoms with Gasteiger partial charge in [-0.2, -0.15) is 0 Å². The summed E-state index contributed by atoms with van der Waals surface area (Å²) >= 11 is 5.79. The SMILES string of the molecule is COC[C@@H]1CN(C(=O)c2ccc(Cl)cn2)CC(C)(C)O1. The maximum absolute atomic E-state index is 12.5. The molecular formula is C14H19ClN2O3. The summed E-state index contributed by atoms with van der Waals surface area (Å²) in [7, 11) is 1.62. The predicted molar refractivity (Wildman–Crippen MR) is 76.0 cm³/mol. The number of nitrogens with zero attached hydrogens (tertiary/aromatic N) is 2. The molecule has 0 saturated carbocycles. The zero-order valence-corrected chi connectivity index (χ0v) is 12.7. The molecule has 110 valence electrons. The average Bonchev–Trinajstić information content (AvgIpc) is 2.37. The Balaban J connectivity index is 2.13. The minimum atomic E-state index is -0.399. The van der Waals surface area contributed by atoms with E-state index in [1.54, 1.807) is 24.1 Å². The van der Waals surface area contributed by atoms with Gasteiger partial charge in [-0.25, -0.2) is 4.98 Å².